The first-order valence-corrected chi connectivity index (χ1v) is 10.5. The van der Waals surface area contributed by atoms with Gasteiger partial charge in [-0.15, -0.1) is 0 Å². The van der Waals surface area contributed by atoms with Crippen molar-refractivity contribution in [3.63, 3.8) is 0 Å². The van der Waals surface area contributed by atoms with E-state index in [0.717, 1.165) is 24.2 Å². The number of ether oxygens (including phenoxy) is 2. The van der Waals surface area contributed by atoms with Crippen LogP contribution >= 0.6 is 0 Å². The van der Waals surface area contributed by atoms with E-state index in [0.29, 0.717) is 39.3 Å². The molecule has 1 N–H and O–H groups in total. The average Bonchev–Trinajstić information content (AvgIpc) is 3.27. The van der Waals surface area contributed by atoms with E-state index < -0.39 is 0 Å². The van der Waals surface area contributed by atoms with E-state index in [2.05, 4.69) is 24.1 Å². The summed E-state index contributed by atoms with van der Waals surface area (Å²) in [6.45, 7) is 7.95. The van der Waals surface area contributed by atoms with Crippen LogP contribution in [-0.2, 0) is 14.3 Å². The molecule has 2 atom stereocenters. The van der Waals surface area contributed by atoms with Crippen molar-refractivity contribution in [2.45, 2.75) is 38.8 Å². The fourth-order valence-corrected chi connectivity index (χ4v) is 3.97. The van der Waals surface area contributed by atoms with Gasteiger partial charge in [-0.25, -0.2) is 0 Å². The largest absolute Gasteiger partial charge is 0.497 e. The Hall–Kier alpha value is -2.12. The molecule has 0 spiro atoms. The summed E-state index contributed by atoms with van der Waals surface area (Å²) < 4.78 is 10.7. The van der Waals surface area contributed by atoms with Gasteiger partial charge in [0.1, 0.15) is 11.9 Å². The molecule has 2 amide bonds. The topological polar surface area (TPSA) is 71.1 Å². The van der Waals surface area contributed by atoms with Gasteiger partial charge < -0.3 is 19.7 Å². The highest BCUT2D eigenvalue weighted by Gasteiger charge is 2.31. The monoisotopic (exact) mass is 403 g/mol. The third-order valence-electron chi connectivity index (χ3n) is 5.71. The van der Waals surface area contributed by atoms with Crippen LogP contribution in [0.1, 0.15) is 38.3 Å². The van der Waals surface area contributed by atoms with Crippen molar-refractivity contribution in [3.05, 3.63) is 29.8 Å². The van der Waals surface area contributed by atoms with Crippen molar-refractivity contribution in [1.29, 1.82) is 0 Å². The normalized spacial score (nSPS) is 21.2. The molecule has 0 saturated carbocycles. The molecule has 7 heteroatoms. The minimum absolute atomic E-state index is 0.0124. The van der Waals surface area contributed by atoms with E-state index in [1.54, 1.807) is 7.11 Å². The van der Waals surface area contributed by atoms with Crippen LogP contribution in [0.15, 0.2) is 24.3 Å². The summed E-state index contributed by atoms with van der Waals surface area (Å²) >= 11 is 0. The van der Waals surface area contributed by atoms with Crippen LogP contribution in [0.2, 0.25) is 0 Å². The third kappa shape index (κ3) is 5.70. The van der Waals surface area contributed by atoms with Gasteiger partial charge >= 0.3 is 0 Å². The third-order valence-corrected chi connectivity index (χ3v) is 5.71. The number of benzene rings is 1. The molecule has 160 valence electrons. The Morgan fingerprint density at radius 1 is 1.17 bits per heavy atom. The van der Waals surface area contributed by atoms with Crippen LogP contribution in [-0.4, -0.2) is 74.2 Å². The summed E-state index contributed by atoms with van der Waals surface area (Å²) in [7, 11) is 1.64. The van der Waals surface area contributed by atoms with Crippen molar-refractivity contribution in [2.24, 2.45) is 5.92 Å². The summed E-state index contributed by atoms with van der Waals surface area (Å²) in [6, 6.07) is 7.79. The van der Waals surface area contributed by atoms with Crippen molar-refractivity contribution in [2.75, 3.05) is 46.4 Å². The number of methoxy groups -OCH3 is 1. The predicted molar refractivity (Wildman–Crippen MR) is 111 cm³/mol. The molecule has 2 aliphatic heterocycles. The molecule has 2 unspecified atom stereocenters. The molecule has 1 aromatic rings. The summed E-state index contributed by atoms with van der Waals surface area (Å²) in [4.78, 5) is 29.1. The van der Waals surface area contributed by atoms with E-state index in [1.807, 2.05) is 29.2 Å². The van der Waals surface area contributed by atoms with E-state index in [1.165, 1.54) is 0 Å². The Bertz CT molecular complexity index is 678. The maximum Gasteiger partial charge on any atom is 0.251 e. The molecule has 0 bridgehead atoms. The molecule has 1 aromatic carbocycles. The first-order valence-electron chi connectivity index (χ1n) is 10.5. The van der Waals surface area contributed by atoms with E-state index in [9.17, 15) is 9.59 Å². The number of nitrogens with one attached hydrogen (secondary N) is 1. The highest BCUT2D eigenvalue weighted by atomic mass is 16.5. The van der Waals surface area contributed by atoms with Crippen LogP contribution in [0.5, 0.6) is 5.75 Å². The SMILES string of the molecule is COc1ccc(C(NC(=O)CN2CCN(C(=O)C3CCCO3)CC2)C(C)C)cc1. The summed E-state index contributed by atoms with van der Waals surface area (Å²) in [5.74, 6) is 1.19. The van der Waals surface area contributed by atoms with Gasteiger partial charge in [0.15, 0.2) is 0 Å². The Morgan fingerprint density at radius 3 is 2.41 bits per heavy atom. The average molecular weight is 404 g/mol. The summed E-state index contributed by atoms with van der Waals surface area (Å²) in [5, 5.41) is 3.17. The Morgan fingerprint density at radius 2 is 1.86 bits per heavy atom. The first-order chi connectivity index (χ1) is 14.0. The fraction of sp³-hybridized carbons (Fsp3) is 0.636. The molecule has 2 saturated heterocycles. The zero-order valence-corrected chi connectivity index (χ0v) is 17.7. The van der Waals surface area contributed by atoms with Gasteiger partial charge in [0.05, 0.1) is 19.7 Å². The molecule has 3 rings (SSSR count). The minimum Gasteiger partial charge on any atom is -0.497 e. The smallest absolute Gasteiger partial charge is 0.251 e. The molecule has 0 radical (unpaired) electrons. The number of carbonyl (C=O) groups is 2. The lowest BCUT2D eigenvalue weighted by molar-refractivity contribution is -0.142. The quantitative estimate of drug-likeness (QED) is 0.752. The van der Waals surface area contributed by atoms with Crippen molar-refractivity contribution in [3.8, 4) is 5.75 Å². The zero-order valence-electron chi connectivity index (χ0n) is 17.7. The standard InChI is InChI=1S/C22H33N3O4/c1-16(2)21(17-6-8-18(28-3)9-7-17)23-20(26)15-24-10-12-25(13-11-24)22(27)19-5-4-14-29-19/h6-9,16,19,21H,4-5,10-15H2,1-3H3,(H,23,26). The second-order valence-electron chi connectivity index (χ2n) is 8.17. The van der Waals surface area contributed by atoms with Gasteiger partial charge in [0.25, 0.3) is 5.91 Å². The second-order valence-corrected chi connectivity index (χ2v) is 8.17. The molecule has 2 fully saturated rings. The van der Waals surface area contributed by atoms with Crippen LogP contribution in [0.25, 0.3) is 0 Å². The van der Waals surface area contributed by atoms with Crippen LogP contribution < -0.4 is 10.1 Å². The maximum atomic E-state index is 12.7. The van der Waals surface area contributed by atoms with E-state index in [-0.39, 0.29) is 29.9 Å². The highest BCUT2D eigenvalue weighted by molar-refractivity contribution is 5.81. The first kappa shape index (κ1) is 21.6. The lowest BCUT2D eigenvalue weighted by atomic mass is 9.96. The molecular weight excluding hydrogens is 370 g/mol. The molecular formula is C22H33N3O4. The molecule has 0 aromatic heterocycles. The van der Waals surface area contributed by atoms with Crippen LogP contribution in [0.3, 0.4) is 0 Å². The van der Waals surface area contributed by atoms with Crippen molar-refractivity contribution >= 4 is 11.8 Å². The Kier molecular flexibility index (Phi) is 7.50. The predicted octanol–water partition coefficient (Wildman–Crippen LogP) is 1.83. The van der Waals surface area contributed by atoms with Gasteiger partial charge in [0, 0.05) is 32.8 Å². The number of hydrogen-bond donors (Lipinski definition) is 1. The van der Waals surface area contributed by atoms with Gasteiger partial charge in [-0.3, -0.25) is 14.5 Å². The molecule has 0 aliphatic carbocycles. The van der Waals surface area contributed by atoms with Gasteiger partial charge in [0.2, 0.25) is 5.91 Å². The summed E-state index contributed by atoms with van der Waals surface area (Å²) in [5.41, 5.74) is 1.07. The van der Waals surface area contributed by atoms with E-state index >= 15 is 0 Å². The van der Waals surface area contributed by atoms with Crippen LogP contribution in [0, 0.1) is 5.92 Å². The molecule has 7 nitrogen and oxygen atoms in total. The second kappa shape index (κ2) is 10.1. The highest BCUT2D eigenvalue weighted by Crippen LogP contribution is 2.24. The van der Waals surface area contributed by atoms with Crippen LogP contribution in [0.4, 0.5) is 0 Å². The van der Waals surface area contributed by atoms with Gasteiger partial charge in [-0.2, -0.15) is 0 Å². The molecule has 29 heavy (non-hydrogen) atoms. The molecule has 2 heterocycles. The fourth-order valence-electron chi connectivity index (χ4n) is 3.97. The zero-order chi connectivity index (χ0) is 20.8. The number of piperazine rings is 1. The maximum absolute atomic E-state index is 12.7. The number of rotatable bonds is 7. The lowest BCUT2D eigenvalue weighted by Gasteiger charge is -2.35. The van der Waals surface area contributed by atoms with Crippen molar-refractivity contribution in [1.82, 2.24) is 15.1 Å². The summed E-state index contributed by atoms with van der Waals surface area (Å²) in [6.07, 6.45) is 1.52. The number of carbonyl (C=O) groups excluding carboxylic acids is 2. The van der Waals surface area contributed by atoms with Gasteiger partial charge in [-0.05, 0) is 36.5 Å². The number of hydrogen-bond acceptors (Lipinski definition) is 5. The minimum atomic E-state index is -0.263. The number of amides is 2. The van der Waals surface area contributed by atoms with Gasteiger partial charge in [-0.1, -0.05) is 26.0 Å². The van der Waals surface area contributed by atoms with E-state index in [4.69, 9.17) is 9.47 Å². The lowest BCUT2D eigenvalue weighted by Crippen LogP contribution is -2.53. The Labute approximate surface area is 173 Å². The molecule has 2 aliphatic rings. The van der Waals surface area contributed by atoms with Crippen molar-refractivity contribution < 1.29 is 19.1 Å². The Balaban J connectivity index is 1.48. The number of nitrogens with zero attached hydrogens (tertiary/aromatic N) is 2.